The number of esters is 1. The third-order valence-corrected chi connectivity index (χ3v) is 2.81. The first-order valence-electron chi connectivity index (χ1n) is 6.10. The lowest BCUT2D eigenvalue weighted by Gasteiger charge is -2.09. The highest BCUT2D eigenvalue weighted by Crippen LogP contribution is 2.18. The van der Waals surface area contributed by atoms with E-state index in [1.165, 1.54) is 0 Å². The quantitative estimate of drug-likeness (QED) is 0.484. The highest BCUT2D eigenvalue weighted by atomic mass is 16.5. The first kappa shape index (κ1) is 13.6. The standard InChI is InChI=1S/C14H21NO2/c1-4-5-6-7-17-14(16)12-9-13(15)11(3)8-10(12)2/h8-9H,4-7,15H2,1-3H3. The molecule has 0 aliphatic heterocycles. The summed E-state index contributed by atoms with van der Waals surface area (Å²) < 4.78 is 5.21. The first-order valence-corrected chi connectivity index (χ1v) is 6.10. The Labute approximate surface area is 103 Å². The number of hydrogen-bond donors (Lipinski definition) is 1. The lowest BCUT2D eigenvalue weighted by atomic mass is 10.0. The second kappa shape index (κ2) is 6.28. The van der Waals surface area contributed by atoms with Gasteiger partial charge in [-0.3, -0.25) is 0 Å². The Morgan fingerprint density at radius 3 is 2.59 bits per heavy atom. The van der Waals surface area contributed by atoms with Crippen LogP contribution in [-0.2, 0) is 4.74 Å². The number of nitrogens with two attached hydrogens (primary N) is 1. The molecule has 2 N–H and O–H groups in total. The number of aryl methyl sites for hydroxylation is 2. The van der Waals surface area contributed by atoms with Crippen LogP contribution in [0.3, 0.4) is 0 Å². The van der Waals surface area contributed by atoms with Crippen LogP contribution in [0.2, 0.25) is 0 Å². The van der Waals surface area contributed by atoms with Crippen molar-refractivity contribution in [2.24, 2.45) is 0 Å². The molecule has 1 aromatic carbocycles. The molecule has 0 saturated carbocycles. The monoisotopic (exact) mass is 235 g/mol. The van der Waals surface area contributed by atoms with Crippen LogP contribution in [0.5, 0.6) is 0 Å². The number of hydrogen-bond acceptors (Lipinski definition) is 3. The van der Waals surface area contributed by atoms with Crippen LogP contribution in [0.15, 0.2) is 12.1 Å². The topological polar surface area (TPSA) is 52.3 Å². The Balaban J connectivity index is 2.66. The van der Waals surface area contributed by atoms with E-state index in [-0.39, 0.29) is 5.97 Å². The molecule has 0 radical (unpaired) electrons. The van der Waals surface area contributed by atoms with E-state index in [4.69, 9.17) is 10.5 Å². The largest absolute Gasteiger partial charge is 0.462 e. The van der Waals surface area contributed by atoms with E-state index in [0.29, 0.717) is 17.9 Å². The number of carbonyl (C=O) groups excluding carboxylic acids is 1. The highest BCUT2D eigenvalue weighted by molar-refractivity contribution is 5.92. The molecule has 0 aliphatic rings. The number of rotatable bonds is 5. The Kier molecular flexibility index (Phi) is 5.01. The van der Waals surface area contributed by atoms with Crippen LogP contribution in [0.1, 0.15) is 47.7 Å². The Morgan fingerprint density at radius 1 is 1.24 bits per heavy atom. The second-order valence-corrected chi connectivity index (χ2v) is 4.37. The van der Waals surface area contributed by atoms with Crippen LogP contribution in [-0.4, -0.2) is 12.6 Å². The Hall–Kier alpha value is -1.51. The summed E-state index contributed by atoms with van der Waals surface area (Å²) in [5.74, 6) is -0.273. The number of unbranched alkanes of at least 4 members (excludes halogenated alkanes) is 2. The van der Waals surface area contributed by atoms with Crippen LogP contribution in [0, 0.1) is 13.8 Å². The van der Waals surface area contributed by atoms with Gasteiger partial charge in [-0.05, 0) is 37.5 Å². The molecule has 17 heavy (non-hydrogen) atoms. The van der Waals surface area contributed by atoms with Crippen molar-refractivity contribution in [2.45, 2.75) is 40.0 Å². The lowest BCUT2D eigenvalue weighted by molar-refractivity contribution is 0.0497. The van der Waals surface area contributed by atoms with E-state index in [1.807, 2.05) is 19.9 Å². The minimum atomic E-state index is -0.273. The van der Waals surface area contributed by atoms with Gasteiger partial charge in [-0.2, -0.15) is 0 Å². The molecule has 1 aromatic rings. The number of carbonyl (C=O) groups is 1. The third kappa shape index (κ3) is 3.77. The molecule has 0 amide bonds. The van der Waals surface area contributed by atoms with Gasteiger partial charge in [0.15, 0.2) is 0 Å². The fraction of sp³-hybridized carbons (Fsp3) is 0.500. The Morgan fingerprint density at radius 2 is 1.94 bits per heavy atom. The predicted octanol–water partition coefficient (Wildman–Crippen LogP) is 3.23. The molecule has 3 heteroatoms. The molecule has 0 unspecified atom stereocenters. The maximum absolute atomic E-state index is 11.8. The fourth-order valence-corrected chi connectivity index (χ4v) is 1.68. The van der Waals surface area contributed by atoms with Crippen molar-refractivity contribution in [3.05, 3.63) is 28.8 Å². The molecular weight excluding hydrogens is 214 g/mol. The minimum Gasteiger partial charge on any atom is -0.462 e. The van der Waals surface area contributed by atoms with Gasteiger partial charge < -0.3 is 10.5 Å². The molecule has 94 valence electrons. The minimum absolute atomic E-state index is 0.273. The molecule has 0 saturated heterocycles. The van der Waals surface area contributed by atoms with E-state index in [0.717, 1.165) is 30.4 Å². The highest BCUT2D eigenvalue weighted by Gasteiger charge is 2.11. The van der Waals surface area contributed by atoms with Gasteiger partial charge in [0.05, 0.1) is 12.2 Å². The molecule has 0 heterocycles. The van der Waals surface area contributed by atoms with E-state index in [2.05, 4.69) is 6.92 Å². The maximum atomic E-state index is 11.8. The van der Waals surface area contributed by atoms with Gasteiger partial charge in [0, 0.05) is 5.69 Å². The van der Waals surface area contributed by atoms with Crippen LogP contribution < -0.4 is 5.73 Å². The van der Waals surface area contributed by atoms with E-state index < -0.39 is 0 Å². The molecule has 0 spiro atoms. The zero-order valence-corrected chi connectivity index (χ0v) is 10.9. The second-order valence-electron chi connectivity index (χ2n) is 4.37. The zero-order valence-electron chi connectivity index (χ0n) is 10.9. The van der Waals surface area contributed by atoms with Gasteiger partial charge in [0.2, 0.25) is 0 Å². The number of ether oxygens (including phenoxy) is 1. The van der Waals surface area contributed by atoms with E-state index >= 15 is 0 Å². The van der Waals surface area contributed by atoms with Crippen molar-refractivity contribution in [3.63, 3.8) is 0 Å². The molecule has 0 atom stereocenters. The summed E-state index contributed by atoms with van der Waals surface area (Å²) in [6, 6.07) is 3.62. The van der Waals surface area contributed by atoms with Crippen molar-refractivity contribution in [1.29, 1.82) is 0 Å². The molecule has 0 fully saturated rings. The summed E-state index contributed by atoms with van der Waals surface area (Å²) >= 11 is 0. The van der Waals surface area contributed by atoms with Crippen LogP contribution >= 0.6 is 0 Å². The molecule has 0 aromatic heterocycles. The van der Waals surface area contributed by atoms with Gasteiger partial charge in [0.25, 0.3) is 0 Å². The van der Waals surface area contributed by atoms with E-state index in [1.54, 1.807) is 6.07 Å². The molecule has 0 bridgehead atoms. The molecule has 0 aliphatic carbocycles. The number of nitrogen functional groups attached to an aromatic ring is 1. The van der Waals surface area contributed by atoms with Gasteiger partial charge in [-0.25, -0.2) is 4.79 Å². The number of anilines is 1. The average Bonchev–Trinajstić information content (AvgIpc) is 2.29. The van der Waals surface area contributed by atoms with Gasteiger partial charge >= 0.3 is 5.97 Å². The van der Waals surface area contributed by atoms with Gasteiger partial charge in [0.1, 0.15) is 0 Å². The smallest absolute Gasteiger partial charge is 0.338 e. The summed E-state index contributed by atoms with van der Waals surface area (Å²) in [5.41, 5.74) is 8.91. The van der Waals surface area contributed by atoms with Crippen LogP contribution in [0.4, 0.5) is 5.69 Å². The average molecular weight is 235 g/mol. The van der Waals surface area contributed by atoms with E-state index in [9.17, 15) is 4.79 Å². The molecule has 3 nitrogen and oxygen atoms in total. The van der Waals surface area contributed by atoms with Crippen molar-refractivity contribution in [3.8, 4) is 0 Å². The predicted molar refractivity (Wildman–Crippen MR) is 70.1 cm³/mol. The summed E-state index contributed by atoms with van der Waals surface area (Å²) in [5, 5.41) is 0. The summed E-state index contributed by atoms with van der Waals surface area (Å²) in [7, 11) is 0. The molecular formula is C14H21NO2. The number of benzene rings is 1. The van der Waals surface area contributed by atoms with Crippen molar-refractivity contribution >= 4 is 11.7 Å². The maximum Gasteiger partial charge on any atom is 0.338 e. The zero-order chi connectivity index (χ0) is 12.8. The third-order valence-electron chi connectivity index (χ3n) is 2.81. The lowest BCUT2D eigenvalue weighted by Crippen LogP contribution is -2.09. The van der Waals surface area contributed by atoms with Crippen molar-refractivity contribution in [1.82, 2.24) is 0 Å². The van der Waals surface area contributed by atoms with Crippen molar-refractivity contribution in [2.75, 3.05) is 12.3 Å². The normalized spacial score (nSPS) is 10.3. The summed E-state index contributed by atoms with van der Waals surface area (Å²) in [4.78, 5) is 11.8. The van der Waals surface area contributed by atoms with Gasteiger partial charge in [-0.15, -0.1) is 0 Å². The Bertz CT molecular complexity index is 399. The SMILES string of the molecule is CCCCCOC(=O)c1cc(N)c(C)cc1C. The summed E-state index contributed by atoms with van der Waals surface area (Å²) in [6.45, 7) is 6.43. The van der Waals surface area contributed by atoms with Crippen LogP contribution in [0.25, 0.3) is 0 Å². The molecule has 1 rings (SSSR count). The van der Waals surface area contributed by atoms with Gasteiger partial charge in [-0.1, -0.05) is 25.8 Å². The first-order chi connectivity index (χ1) is 8.06. The fourth-order valence-electron chi connectivity index (χ4n) is 1.68. The summed E-state index contributed by atoms with van der Waals surface area (Å²) in [6.07, 6.45) is 3.12. The van der Waals surface area contributed by atoms with Crippen molar-refractivity contribution < 1.29 is 9.53 Å².